The number of anilines is 1. The van der Waals surface area contributed by atoms with Crippen LogP contribution in [0.1, 0.15) is 25.5 Å². The largest absolute Gasteiger partial charge is 0.485 e. The zero-order chi connectivity index (χ0) is 14.8. The summed E-state index contributed by atoms with van der Waals surface area (Å²) in [6.07, 6.45) is -0.681. The number of amides is 1. The molecular formula is C15H17N3O3. The molecule has 0 unspecified atom stereocenters. The van der Waals surface area contributed by atoms with Gasteiger partial charge in [-0.25, -0.2) is 0 Å². The first-order chi connectivity index (χ1) is 10.1. The standard InChI is InChI=1S/C15H17N3O3/c1-9(2)10-7-14(18-17-10)16-15(19)13-8-20-11-5-3-4-6-12(11)21-13/h3-7,9,13H,8H2,1-2H3,(H2,16,17,18,19)/t13-/m0/s1. The predicted octanol–water partition coefficient (Wildman–Crippen LogP) is 2.31. The molecule has 3 rings (SSSR count). The molecule has 0 spiro atoms. The van der Waals surface area contributed by atoms with Crippen LogP contribution in [0, 0.1) is 0 Å². The third kappa shape index (κ3) is 2.84. The molecule has 0 fully saturated rings. The highest BCUT2D eigenvalue weighted by molar-refractivity contribution is 5.94. The molecule has 0 radical (unpaired) electrons. The summed E-state index contributed by atoms with van der Waals surface area (Å²) in [5.74, 6) is 1.78. The summed E-state index contributed by atoms with van der Waals surface area (Å²) >= 11 is 0. The third-order valence-corrected chi connectivity index (χ3v) is 3.27. The first kappa shape index (κ1) is 13.5. The van der Waals surface area contributed by atoms with E-state index in [0.29, 0.717) is 23.2 Å². The average Bonchev–Trinajstić information content (AvgIpc) is 2.95. The lowest BCUT2D eigenvalue weighted by Crippen LogP contribution is -2.40. The fourth-order valence-electron chi connectivity index (χ4n) is 2.05. The summed E-state index contributed by atoms with van der Waals surface area (Å²) in [6, 6.07) is 9.11. The Labute approximate surface area is 122 Å². The van der Waals surface area contributed by atoms with Gasteiger partial charge in [-0.1, -0.05) is 26.0 Å². The van der Waals surface area contributed by atoms with E-state index in [2.05, 4.69) is 15.5 Å². The molecule has 1 aliphatic rings. The van der Waals surface area contributed by atoms with Crippen LogP contribution >= 0.6 is 0 Å². The van der Waals surface area contributed by atoms with Gasteiger partial charge in [0.05, 0.1) is 0 Å². The molecule has 1 aromatic heterocycles. The predicted molar refractivity (Wildman–Crippen MR) is 77.7 cm³/mol. The van der Waals surface area contributed by atoms with E-state index in [1.165, 1.54) is 0 Å². The Kier molecular flexibility index (Phi) is 3.51. The molecule has 1 amide bonds. The summed E-state index contributed by atoms with van der Waals surface area (Å²) in [4.78, 5) is 12.2. The van der Waals surface area contributed by atoms with Crippen LogP contribution in [0.25, 0.3) is 0 Å². The fraction of sp³-hybridized carbons (Fsp3) is 0.333. The average molecular weight is 287 g/mol. The lowest BCUT2D eigenvalue weighted by molar-refractivity contribution is -0.125. The number of carbonyl (C=O) groups excluding carboxylic acids is 1. The zero-order valence-corrected chi connectivity index (χ0v) is 11.9. The van der Waals surface area contributed by atoms with Gasteiger partial charge in [0.15, 0.2) is 17.3 Å². The van der Waals surface area contributed by atoms with Gasteiger partial charge in [-0.2, -0.15) is 5.10 Å². The Morgan fingerprint density at radius 1 is 1.38 bits per heavy atom. The normalized spacial score (nSPS) is 16.8. The van der Waals surface area contributed by atoms with Gasteiger partial charge >= 0.3 is 0 Å². The molecule has 1 aromatic carbocycles. The molecule has 2 N–H and O–H groups in total. The summed E-state index contributed by atoms with van der Waals surface area (Å²) < 4.78 is 11.2. The van der Waals surface area contributed by atoms with Crippen molar-refractivity contribution < 1.29 is 14.3 Å². The molecule has 2 aromatic rings. The lowest BCUT2D eigenvalue weighted by atomic mass is 10.1. The van der Waals surface area contributed by atoms with Crippen LogP contribution in [0.3, 0.4) is 0 Å². The van der Waals surface area contributed by atoms with Crippen molar-refractivity contribution >= 4 is 11.7 Å². The topological polar surface area (TPSA) is 76.2 Å². The maximum Gasteiger partial charge on any atom is 0.270 e. The molecule has 110 valence electrons. The van der Waals surface area contributed by atoms with E-state index in [0.717, 1.165) is 5.69 Å². The van der Waals surface area contributed by atoms with Gasteiger partial charge in [0.2, 0.25) is 6.10 Å². The fourth-order valence-corrected chi connectivity index (χ4v) is 2.05. The Bertz CT molecular complexity index is 651. The van der Waals surface area contributed by atoms with E-state index < -0.39 is 6.10 Å². The second kappa shape index (κ2) is 5.47. The van der Waals surface area contributed by atoms with Crippen molar-refractivity contribution in [1.82, 2.24) is 10.2 Å². The molecule has 0 saturated carbocycles. The molecule has 6 heteroatoms. The molecular weight excluding hydrogens is 270 g/mol. The van der Waals surface area contributed by atoms with Crippen LogP contribution < -0.4 is 14.8 Å². The summed E-state index contributed by atoms with van der Waals surface area (Å²) in [7, 11) is 0. The van der Waals surface area contributed by atoms with E-state index in [1.54, 1.807) is 6.07 Å². The number of para-hydroxylation sites is 2. The van der Waals surface area contributed by atoms with Gasteiger partial charge in [-0.15, -0.1) is 0 Å². The van der Waals surface area contributed by atoms with Crippen molar-refractivity contribution in [3.8, 4) is 11.5 Å². The number of nitrogens with zero attached hydrogens (tertiary/aromatic N) is 1. The van der Waals surface area contributed by atoms with Gasteiger partial charge in [0.1, 0.15) is 6.61 Å². The quantitative estimate of drug-likeness (QED) is 0.908. The van der Waals surface area contributed by atoms with Crippen LogP contribution in [0.2, 0.25) is 0 Å². The number of benzene rings is 1. The van der Waals surface area contributed by atoms with Gasteiger partial charge in [0, 0.05) is 11.8 Å². The van der Waals surface area contributed by atoms with Crippen molar-refractivity contribution in [2.24, 2.45) is 0 Å². The zero-order valence-electron chi connectivity index (χ0n) is 11.9. The number of rotatable bonds is 3. The minimum atomic E-state index is -0.681. The third-order valence-electron chi connectivity index (χ3n) is 3.27. The van der Waals surface area contributed by atoms with E-state index in [4.69, 9.17) is 9.47 Å². The first-order valence-electron chi connectivity index (χ1n) is 6.88. The smallest absolute Gasteiger partial charge is 0.270 e. The van der Waals surface area contributed by atoms with E-state index in [-0.39, 0.29) is 12.5 Å². The summed E-state index contributed by atoms with van der Waals surface area (Å²) in [5, 5.41) is 9.69. The van der Waals surface area contributed by atoms with E-state index in [1.807, 2.05) is 38.1 Å². The van der Waals surface area contributed by atoms with Gasteiger partial charge < -0.3 is 14.8 Å². The first-order valence-corrected chi connectivity index (χ1v) is 6.88. The molecule has 6 nitrogen and oxygen atoms in total. The number of ether oxygens (including phenoxy) is 2. The molecule has 1 atom stereocenters. The molecule has 0 bridgehead atoms. The minimum Gasteiger partial charge on any atom is -0.485 e. The summed E-state index contributed by atoms with van der Waals surface area (Å²) in [6.45, 7) is 4.28. The maximum atomic E-state index is 12.2. The highest BCUT2D eigenvalue weighted by Gasteiger charge is 2.27. The van der Waals surface area contributed by atoms with Crippen molar-refractivity contribution in [2.45, 2.75) is 25.9 Å². The molecule has 2 heterocycles. The summed E-state index contributed by atoms with van der Waals surface area (Å²) in [5.41, 5.74) is 0.969. The number of H-pyrrole nitrogens is 1. The van der Waals surface area contributed by atoms with Crippen LogP contribution in [0.4, 0.5) is 5.82 Å². The number of hydrogen-bond acceptors (Lipinski definition) is 4. The second-order valence-corrected chi connectivity index (χ2v) is 5.22. The Hall–Kier alpha value is -2.50. The second-order valence-electron chi connectivity index (χ2n) is 5.22. The highest BCUT2D eigenvalue weighted by Crippen LogP contribution is 2.31. The number of hydrogen-bond donors (Lipinski definition) is 2. The van der Waals surface area contributed by atoms with E-state index in [9.17, 15) is 4.79 Å². The molecule has 0 saturated heterocycles. The lowest BCUT2D eigenvalue weighted by Gasteiger charge is -2.25. The molecule has 21 heavy (non-hydrogen) atoms. The number of nitrogens with one attached hydrogen (secondary N) is 2. The molecule has 0 aliphatic carbocycles. The van der Waals surface area contributed by atoms with Crippen LogP contribution in [-0.2, 0) is 4.79 Å². The van der Waals surface area contributed by atoms with Gasteiger partial charge in [0.25, 0.3) is 5.91 Å². The van der Waals surface area contributed by atoms with E-state index >= 15 is 0 Å². The SMILES string of the molecule is CC(C)c1cc(NC(=O)[C@@H]2COc3ccccc3O2)n[nH]1. The van der Waals surface area contributed by atoms with Crippen molar-refractivity contribution in [3.05, 3.63) is 36.0 Å². The molecule has 1 aliphatic heterocycles. The van der Waals surface area contributed by atoms with Crippen LogP contribution in [0.15, 0.2) is 30.3 Å². The minimum absolute atomic E-state index is 0.185. The van der Waals surface area contributed by atoms with Crippen molar-refractivity contribution in [1.29, 1.82) is 0 Å². The van der Waals surface area contributed by atoms with Crippen LogP contribution in [-0.4, -0.2) is 28.8 Å². The van der Waals surface area contributed by atoms with Crippen molar-refractivity contribution in [3.63, 3.8) is 0 Å². The van der Waals surface area contributed by atoms with Gasteiger partial charge in [-0.05, 0) is 18.1 Å². The number of carbonyl (C=O) groups is 1. The van der Waals surface area contributed by atoms with Crippen LogP contribution in [0.5, 0.6) is 11.5 Å². The van der Waals surface area contributed by atoms with Crippen molar-refractivity contribution in [2.75, 3.05) is 11.9 Å². The highest BCUT2D eigenvalue weighted by atomic mass is 16.6. The number of aromatic amines is 1. The number of aromatic nitrogens is 2. The maximum absolute atomic E-state index is 12.2. The number of fused-ring (bicyclic) bond motifs is 1. The van der Waals surface area contributed by atoms with Gasteiger partial charge in [-0.3, -0.25) is 9.89 Å². The Morgan fingerprint density at radius 3 is 2.86 bits per heavy atom. The Balaban J connectivity index is 1.66. The Morgan fingerprint density at radius 2 is 2.14 bits per heavy atom. The monoisotopic (exact) mass is 287 g/mol.